The summed E-state index contributed by atoms with van der Waals surface area (Å²) in [6, 6.07) is 0.237. The summed E-state index contributed by atoms with van der Waals surface area (Å²) in [6.07, 6.45) is 5.76. The minimum atomic E-state index is -0.0316. The minimum Gasteiger partial charge on any atom is -0.338 e. The highest BCUT2D eigenvalue weighted by Gasteiger charge is 2.02. The Hall–Kier alpha value is -0.730. The van der Waals surface area contributed by atoms with Crippen LogP contribution in [0.2, 0.25) is 0 Å². The van der Waals surface area contributed by atoms with Gasteiger partial charge in [-0.2, -0.15) is 0 Å². The quantitative estimate of drug-likeness (QED) is 0.609. The van der Waals surface area contributed by atoms with E-state index in [2.05, 4.69) is 24.5 Å². The van der Waals surface area contributed by atoms with Crippen LogP contribution < -0.4 is 10.6 Å². The molecule has 3 heteroatoms. The minimum absolute atomic E-state index is 0.0316. The normalized spacial score (nSPS) is 12.2. The second-order valence-corrected chi connectivity index (χ2v) is 3.77. The first-order valence-electron chi connectivity index (χ1n) is 5.75. The molecule has 0 aliphatic rings. The number of amides is 2. The molecule has 0 saturated carbocycles. The lowest BCUT2D eigenvalue weighted by Crippen LogP contribution is -2.40. The van der Waals surface area contributed by atoms with Crippen LogP contribution in [0.4, 0.5) is 4.79 Å². The van der Waals surface area contributed by atoms with Gasteiger partial charge in [0.25, 0.3) is 0 Å². The molecular formula is C11H24N2O. The third kappa shape index (κ3) is 7.90. The molecule has 0 spiro atoms. The monoisotopic (exact) mass is 200 g/mol. The first-order chi connectivity index (χ1) is 6.70. The highest BCUT2D eigenvalue weighted by molar-refractivity contribution is 5.74. The van der Waals surface area contributed by atoms with Gasteiger partial charge < -0.3 is 10.6 Å². The van der Waals surface area contributed by atoms with Gasteiger partial charge in [-0.1, -0.05) is 33.1 Å². The lowest BCUT2D eigenvalue weighted by atomic mass is 10.2. The van der Waals surface area contributed by atoms with E-state index in [1.165, 1.54) is 19.3 Å². The fourth-order valence-corrected chi connectivity index (χ4v) is 1.13. The average Bonchev–Trinajstić information content (AvgIpc) is 2.17. The van der Waals surface area contributed by atoms with E-state index in [9.17, 15) is 4.79 Å². The summed E-state index contributed by atoms with van der Waals surface area (Å²) in [7, 11) is 0. The Morgan fingerprint density at radius 1 is 1.21 bits per heavy atom. The SMILES string of the molecule is CCCCCCNC(=O)N[C@@H](C)CC. The third-order valence-electron chi connectivity index (χ3n) is 2.31. The van der Waals surface area contributed by atoms with Crippen LogP contribution in [-0.2, 0) is 0 Å². The molecule has 0 radical (unpaired) electrons. The summed E-state index contributed by atoms with van der Waals surface area (Å²) in [5.74, 6) is 0. The molecule has 3 nitrogen and oxygen atoms in total. The van der Waals surface area contributed by atoms with Gasteiger partial charge in [-0.05, 0) is 19.8 Å². The first kappa shape index (κ1) is 13.3. The summed E-state index contributed by atoms with van der Waals surface area (Å²) in [6.45, 7) is 7.05. The molecule has 0 heterocycles. The number of hydrogen-bond donors (Lipinski definition) is 2. The second kappa shape index (κ2) is 8.85. The fourth-order valence-electron chi connectivity index (χ4n) is 1.13. The van der Waals surface area contributed by atoms with Gasteiger partial charge in [0.2, 0.25) is 0 Å². The summed E-state index contributed by atoms with van der Waals surface area (Å²) < 4.78 is 0. The van der Waals surface area contributed by atoms with Gasteiger partial charge in [0, 0.05) is 12.6 Å². The van der Waals surface area contributed by atoms with Crippen LogP contribution in [0.1, 0.15) is 52.9 Å². The zero-order valence-electron chi connectivity index (χ0n) is 9.73. The Morgan fingerprint density at radius 2 is 1.93 bits per heavy atom. The molecule has 1 atom stereocenters. The predicted octanol–water partition coefficient (Wildman–Crippen LogP) is 2.66. The molecule has 0 fully saturated rings. The van der Waals surface area contributed by atoms with E-state index in [-0.39, 0.29) is 12.1 Å². The van der Waals surface area contributed by atoms with Gasteiger partial charge in [-0.3, -0.25) is 0 Å². The number of nitrogens with one attached hydrogen (secondary N) is 2. The topological polar surface area (TPSA) is 41.1 Å². The van der Waals surface area contributed by atoms with Crippen molar-refractivity contribution in [2.24, 2.45) is 0 Å². The van der Waals surface area contributed by atoms with Crippen LogP contribution in [0, 0.1) is 0 Å². The number of carbonyl (C=O) groups is 1. The van der Waals surface area contributed by atoms with E-state index < -0.39 is 0 Å². The van der Waals surface area contributed by atoms with Gasteiger partial charge in [0.15, 0.2) is 0 Å². The predicted molar refractivity (Wildman–Crippen MR) is 60.4 cm³/mol. The summed E-state index contributed by atoms with van der Waals surface area (Å²) in [5, 5.41) is 5.73. The Balaban J connectivity index is 3.27. The van der Waals surface area contributed by atoms with E-state index in [0.717, 1.165) is 19.4 Å². The number of hydrogen-bond acceptors (Lipinski definition) is 1. The van der Waals surface area contributed by atoms with Crippen LogP contribution in [0.15, 0.2) is 0 Å². The van der Waals surface area contributed by atoms with Crippen molar-refractivity contribution in [1.29, 1.82) is 0 Å². The maximum absolute atomic E-state index is 11.2. The van der Waals surface area contributed by atoms with Crippen molar-refractivity contribution in [3.05, 3.63) is 0 Å². The van der Waals surface area contributed by atoms with Crippen LogP contribution in [0.25, 0.3) is 0 Å². The zero-order valence-corrected chi connectivity index (χ0v) is 9.73. The maximum atomic E-state index is 11.2. The van der Waals surface area contributed by atoms with Crippen LogP contribution >= 0.6 is 0 Å². The molecule has 0 aliphatic heterocycles. The molecule has 0 aliphatic carbocycles. The molecule has 0 aromatic rings. The Bertz CT molecular complexity index is 148. The molecule has 0 rings (SSSR count). The van der Waals surface area contributed by atoms with E-state index in [1.54, 1.807) is 0 Å². The van der Waals surface area contributed by atoms with E-state index >= 15 is 0 Å². The molecule has 84 valence electrons. The largest absolute Gasteiger partial charge is 0.338 e. The number of urea groups is 1. The second-order valence-electron chi connectivity index (χ2n) is 3.77. The highest BCUT2D eigenvalue weighted by atomic mass is 16.2. The van der Waals surface area contributed by atoms with Crippen molar-refractivity contribution in [3.8, 4) is 0 Å². The lowest BCUT2D eigenvalue weighted by Gasteiger charge is -2.12. The van der Waals surface area contributed by atoms with Crippen LogP contribution in [-0.4, -0.2) is 18.6 Å². The van der Waals surface area contributed by atoms with Gasteiger partial charge in [0.05, 0.1) is 0 Å². The van der Waals surface area contributed by atoms with Gasteiger partial charge >= 0.3 is 6.03 Å². The molecular weight excluding hydrogens is 176 g/mol. The zero-order chi connectivity index (χ0) is 10.8. The van der Waals surface area contributed by atoms with Crippen molar-refractivity contribution >= 4 is 6.03 Å². The molecule has 0 saturated heterocycles. The van der Waals surface area contributed by atoms with Crippen molar-refractivity contribution in [1.82, 2.24) is 10.6 Å². The average molecular weight is 200 g/mol. The summed E-state index contributed by atoms with van der Waals surface area (Å²) >= 11 is 0. The van der Waals surface area contributed by atoms with Gasteiger partial charge in [0.1, 0.15) is 0 Å². The third-order valence-corrected chi connectivity index (χ3v) is 2.31. The smallest absolute Gasteiger partial charge is 0.314 e. The standard InChI is InChI=1S/C11H24N2O/c1-4-6-7-8-9-12-11(14)13-10(3)5-2/h10H,4-9H2,1-3H3,(H2,12,13,14)/t10-/m0/s1. The Labute approximate surface area is 87.6 Å². The summed E-state index contributed by atoms with van der Waals surface area (Å²) in [4.78, 5) is 11.2. The molecule has 2 N–H and O–H groups in total. The Morgan fingerprint density at radius 3 is 2.50 bits per heavy atom. The highest BCUT2D eigenvalue weighted by Crippen LogP contribution is 1.96. The van der Waals surface area contributed by atoms with Crippen molar-refractivity contribution in [3.63, 3.8) is 0 Å². The van der Waals surface area contributed by atoms with Crippen molar-refractivity contribution in [2.45, 2.75) is 58.9 Å². The van der Waals surface area contributed by atoms with E-state index in [4.69, 9.17) is 0 Å². The number of rotatable bonds is 7. The molecule has 0 bridgehead atoms. The Kier molecular flexibility index (Phi) is 8.39. The first-order valence-corrected chi connectivity index (χ1v) is 5.75. The van der Waals surface area contributed by atoms with Crippen molar-refractivity contribution in [2.75, 3.05) is 6.54 Å². The van der Waals surface area contributed by atoms with Gasteiger partial charge in [-0.25, -0.2) is 4.79 Å². The maximum Gasteiger partial charge on any atom is 0.314 e. The molecule has 2 amide bonds. The van der Waals surface area contributed by atoms with E-state index in [1.807, 2.05) is 6.92 Å². The lowest BCUT2D eigenvalue weighted by molar-refractivity contribution is 0.237. The van der Waals surface area contributed by atoms with E-state index in [0.29, 0.717) is 0 Å². The van der Waals surface area contributed by atoms with Gasteiger partial charge in [-0.15, -0.1) is 0 Å². The fraction of sp³-hybridized carbons (Fsp3) is 0.909. The van der Waals surface area contributed by atoms with Crippen LogP contribution in [0.5, 0.6) is 0 Å². The van der Waals surface area contributed by atoms with Crippen LogP contribution in [0.3, 0.4) is 0 Å². The molecule has 0 aromatic heterocycles. The number of carbonyl (C=O) groups excluding carboxylic acids is 1. The molecule has 0 aromatic carbocycles. The summed E-state index contributed by atoms with van der Waals surface area (Å²) in [5.41, 5.74) is 0. The molecule has 14 heavy (non-hydrogen) atoms. The number of unbranched alkanes of at least 4 members (excludes halogenated alkanes) is 3. The molecule has 0 unspecified atom stereocenters. The van der Waals surface area contributed by atoms with Crippen molar-refractivity contribution < 1.29 is 4.79 Å².